The monoisotopic (exact) mass is 522 g/mol. The van der Waals surface area contributed by atoms with Crippen molar-refractivity contribution in [3.63, 3.8) is 0 Å². The van der Waals surface area contributed by atoms with Gasteiger partial charge in [-0.2, -0.15) is 5.26 Å². The van der Waals surface area contributed by atoms with Gasteiger partial charge < -0.3 is 24.9 Å². The fourth-order valence-corrected chi connectivity index (χ4v) is 3.94. The number of rotatable bonds is 11. The molecule has 2 amide bonds. The van der Waals surface area contributed by atoms with Crippen molar-refractivity contribution in [3.8, 4) is 6.07 Å². The third-order valence-electron chi connectivity index (χ3n) is 6.15. The summed E-state index contributed by atoms with van der Waals surface area (Å²) in [4.78, 5) is 26.0. The molecule has 2 fully saturated rings. The van der Waals surface area contributed by atoms with Crippen molar-refractivity contribution in [2.75, 3.05) is 19.8 Å². The summed E-state index contributed by atoms with van der Waals surface area (Å²) < 4.78 is 43.5. The number of likely N-dealkylation sites (tertiary alicyclic amines) is 1. The Labute approximate surface area is 213 Å². The summed E-state index contributed by atoms with van der Waals surface area (Å²) in [6.07, 6.45) is -0.173. The van der Waals surface area contributed by atoms with Crippen molar-refractivity contribution in [1.82, 2.24) is 15.4 Å². The van der Waals surface area contributed by atoms with E-state index in [2.05, 4.69) is 24.3 Å². The fourth-order valence-electron chi connectivity index (χ4n) is 3.94. The van der Waals surface area contributed by atoms with Crippen LogP contribution >= 0.6 is 0 Å². The van der Waals surface area contributed by atoms with E-state index in [1.54, 1.807) is 16.6 Å². The lowest BCUT2D eigenvalue weighted by molar-refractivity contribution is -0.130. The molecule has 1 aliphatic heterocycles. The van der Waals surface area contributed by atoms with Gasteiger partial charge in [0, 0.05) is 6.54 Å². The van der Waals surface area contributed by atoms with Gasteiger partial charge in [0.1, 0.15) is 17.7 Å². The molecule has 3 aliphatic rings. The number of nitrogens with zero attached hydrogens (tertiary/aromatic N) is 2. The van der Waals surface area contributed by atoms with Crippen LogP contribution in [0.25, 0.3) is 0 Å². The molecular formula is C24H30BF3N4O5. The minimum atomic E-state index is -3.40. The van der Waals surface area contributed by atoms with E-state index in [0.29, 0.717) is 19.4 Å². The van der Waals surface area contributed by atoms with Gasteiger partial charge in [-0.1, -0.05) is 30.3 Å². The third kappa shape index (κ3) is 9.16. The van der Waals surface area contributed by atoms with Gasteiger partial charge in [0.15, 0.2) is 0 Å². The second kappa shape index (κ2) is 13.6. The molecule has 9 nitrogen and oxygen atoms in total. The van der Waals surface area contributed by atoms with E-state index < -0.39 is 50.5 Å². The lowest BCUT2D eigenvalue weighted by Gasteiger charge is -2.26. The largest absolute Gasteiger partial charge is 0.587 e. The van der Waals surface area contributed by atoms with Crippen molar-refractivity contribution in [2.45, 2.75) is 56.9 Å². The zero-order valence-corrected chi connectivity index (χ0v) is 20.2. The molecule has 0 radical (unpaired) electrons. The third-order valence-corrected chi connectivity index (χ3v) is 6.15. The second-order valence-electron chi connectivity index (χ2n) is 9.14. The molecule has 0 bridgehead atoms. The summed E-state index contributed by atoms with van der Waals surface area (Å²) in [5, 5.41) is 30.2. The molecule has 13 heteroatoms. The van der Waals surface area contributed by atoms with Crippen molar-refractivity contribution in [2.24, 2.45) is 5.92 Å². The molecule has 200 valence electrons. The molecule has 0 aromatic heterocycles. The summed E-state index contributed by atoms with van der Waals surface area (Å²) in [6.45, 7) is -0.187. The number of amides is 2. The number of nitriles is 1. The van der Waals surface area contributed by atoms with Gasteiger partial charge in [-0.3, -0.25) is 14.9 Å². The first-order valence-electron chi connectivity index (χ1n) is 12.1. The number of carbonyl (C=O) groups is 2. The predicted molar refractivity (Wildman–Crippen MR) is 127 cm³/mol. The van der Waals surface area contributed by atoms with Gasteiger partial charge in [0.2, 0.25) is 12.2 Å². The summed E-state index contributed by atoms with van der Waals surface area (Å²) in [5.74, 6) is -1.31. The van der Waals surface area contributed by atoms with E-state index >= 15 is 0 Å². The molecule has 1 aromatic carbocycles. The Hall–Kier alpha value is -2.92. The molecule has 1 heterocycles. The van der Waals surface area contributed by atoms with E-state index in [4.69, 9.17) is 14.8 Å². The number of nitrogens with one attached hydrogen (secondary N) is 2. The highest BCUT2D eigenvalue weighted by atomic mass is 19.3. The van der Waals surface area contributed by atoms with Crippen LogP contribution in [0.3, 0.4) is 0 Å². The highest BCUT2D eigenvalue weighted by Crippen LogP contribution is 2.32. The lowest BCUT2D eigenvalue weighted by atomic mass is 10.1. The van der Waals surface area contributed by atoms with E-state index in [9.17, 15) is 28.0 Å². The number of carbonyl (C=O) groups excluding carboxylic acids is 2. The Bertz CT molecular complexity index is 997. The number of ether oxygens (including phenoxy) is 1. The first kappa shape index (κ1) is 28.7. The van der Waals surface area contributed by atoms with Crippen LogP contribution in [0.15, 0.2) is 35.9 Å². The Kier molecular flexibility index (Phi) is 10.5. The van der Waals surface area contributed by atoms with Crippen LogP contribution in [-0.4, -0.2) is 78.6 Å². The first-order chi connectivity index (χ1) is 17.7. The first-order valence-corrected chi connectivity index (χ1v) is 12.1. The van der Waals surface area contributed by atoms with Crippen LogP contribution < -0.4 is 10.5 Å². The Morgan fingerprint density at radius 2 is 1.89 bits per heavy atom. The molecule has 2 aliphatic carbocycles. The van der Waals surface area contributed by atoms with Crippen LogP contribution in [0.2, 0.25) is 0 Å². The number of fused-ring (bicyclic) bond motifs is 1. The van der Waals surface area contributed by atoms with Crippen LogP contribution in [0.5, 0.6) is 0 Å². The molecule has 4 N–H and O–H groups in total. The van der Waals surface area contributed by atoms with Gasteiger partial charge in [-0.25, -0.2) is 13.2 Å². The maximum Gasteiger partial charge on any atom is 0.587 e. The molecule has 3 unspecified atom stereocenters. The van der Waals surface area contributed by atoms with Crippen molar-refractivity contribution >= 4 is 19.1 Å². The summed E-state index contributed by atoms with van der Waals surface area (Å²) in [5.41, 5.74) is 3.13. The van der Waals surface area contributed by atoms with Crippen molar-refractivity contribution < 1.29 is 37.5 Å². The highest BCUT2D eigenvalue weighted by molar-refractivity contribution is 6.42. The highest BCUT2D eigenvalue weighted by Gasteiger charge is 2.33. The minimum Gasteiger partial charge on any atom is -0.408 e. The summed E-state index contributed by atoms with van der Waals surface area (Å²) in [6, 6.07) is 8.43. The Balaban J connectivity index is 0.000000458. The standard InChI is InChI=1S/C17H24BF3N4O5.C7H6/c19-14(20)15(21)23-13(16(26)24-18(28)29)9-30-8-12-2-1-5-25(12)17(27)11(7-22)6-10-3-4-10;1-2-4-7-5-6(7)3-1/h6,10,12-15,23,28-29H,1-5,8-9H2,(H,24,26);1-4H,5H2. The molecule has 3 atom stereocenters. The zero-order chi connectivity index (χ0) is 26.9. The van der Waals surface area contributed by atoms with E-state index in [1.165, 1.54) is 22.4 Å². The number of benzene rings is 1. The molecular weight excluding hydrogens is 492 g/mol. The average Bonchev–Trinajstić information content (AvgIpc) is 3.78. The summed E-state index contributed by atoms with van der Waals surface area (Å²) >= 11 is 0. The van der Waals surface area contributed by atoms with Crippen molar-refractivity contribution in [3.05, 3.63) is 47.0 Å². The molecule has 1 saturated carbocycles. The smallest absolute Gasteiger partial charge is 0.408 e. The quantitative estimate of drug-likeness (QED) is 0.150. The second-order valence-corrected chi connectivity index (χ2v) is 9.14. The van der Waals surface area contributed by atoms with Gasteiger partial charge in [-0.05, 0) is 49.1 Å². The van der Waals surface area contributed by atoms with Gasteiger partial charge >= 0.3 is 7.25 Å². The van der Waals surface area contributed by atoms with E-state index in [1.807, 2.05) is 6.07 Å². The number of alkyl halides is 3. The van der Waals surface area contributed by atoms with E-state index in [-0.39, 0.29) is 18.1 Å². The number of hydrogen-bond acceptors (Lipinski definition) is 7. The maximum absolute atomic E-state index is 13.3. The molecule has 4 rings (SSSR count). The van der Waals surface area contributed by atoms with Gasteiger partial charge in [0.05, 0.1) is 19.3 Å². The number of allylic oxidation sites excluding steroid dienone is 1. The predicted octanol–water partition coefficient (Wildman–Crippen LogP) is 1.05. The van der Waals surface area contributed by atoms with Crippen LogP contribution in [0.4, 0.5) is 13.2 Å². The van der Waals surface area contributed by atoms with Crippen LogP contribution in [0, 0.1) is 17.2 Å². The molecule has 37 heavy (non-hydrogen) atoms. The number of halogens is 3. The maximum atomic E-state index is 13.3. The Morgan fingerprint density at radius 3 is 2.43 bits per heavy atom. The van der Waals surface area contributed by atoms with Gasteiger partial charge in [-0.15, -0.1) is 0 Å². The topological polar surface area (TPSA) is 135 Å². The SMILES string of the molecule is N#CC(=CC1CC1)C(=O)N1CCCC1COCC(NC(F)C(F)F)C(=O)NB(O)O.c1ccc2c(c1)C2. The average molecular weight is 522 g/mol. The minimum absolute atomic E-state index is 0.0629. The normalized spacial score (nSPS) is 19.8. The van der Waals surface area contributed by atoms with Crippen molar-refractivity contribution in [1.29, 1.82) is 5.26 Å². The fraction of sp³-hybridized carbons (Fsp3) is 0.542. The van der Waals surface area contributed by atoms with Crippen LogP contribution in [0.1, 0.15) is 36.8 Å². The van der Waals surface area contributed by atoms with E-state index in [0.717, 1.165) is 12.8 Å². The summed E-state index contributed by atoms with van der Waals surface area (Å²) in [7, 11) is -2.25. The number of hydrogen-bond donors (Lipinski definition) is 4. The Morgan fingerprint density at radius 1 is 1.22 bits per heavy atom. The van der Waals surface area contributed by atoms with Crippen LogP contribution in [-0.2, 0) is 20.7 Å². The lowest BCUT2D eigenvalue weighted by Crippen LogP contribution is -2.55. The molecule has 1 saturated heterocycles. The molecule has 1 aromatic rings. The van der Waals surface area contributed by atoms with Gasteiger partial charge in [0.25, 0.3) is 12.3 Å². The molecule has 0 spiro atoms. The zero-order valence-electron chi connectivity index (χ0n) is 20.2.